The highest BCUT2D eigenvalue weighted by atomic mass is 16.5. The molecule has 6 nitrogen and oxygen atoms in total. The van der Waals surface area contributed by atoms with E-state index in [1.54, 1.807) is 19.2 Å². The zero-order chi connectivity index (χ0) is 11.3. The Labute approximate surface area is 89.4 Å². The van der Waals surface area contributed by atoms with Crippen LogP contribution in [0, 0.1) is 0 Å². The van der Waals surface area contributed by atoms with E-state index in [0.717, 1.165) is 16.4 Å². The highest BCUT2D eigenvalue weighted by molar-refractivity contribution is 5.94. The molecule has 16 heavy (non-hydrogen) atoms. The summed E-state index contributed by atoms with van der Waals surface area (Å²) in [6.45, 7) is 0. The minimum Gasteiger partial charge on any atom is -0.478 e. The van der Waals surface area contributed by atoms with Crippen molar-refractivity contribution in [2.75, 3.05) is 7.11 Å². The molecular formula is C10H9N3O3. The summed E-state index contributed by atoms with van der Waals surface area (Å²) in [6.07, 6.45) is 0. The molecule has 0 saturated heterocycles. The maximum absolute atomic E-state index is 11.4. The number of fused-ring (bicyclic) bond motifs is 2. The predicted molar refractivity (Wildman–Crippen MR) is 57.7 cm³/mol. The molecule has 3 rings (SSSR count). The van der Waals surface area contributed by atoms with Crippen molar-refractivity contribution < 1.29 is 9.26 Å². The van der Waals surface area contributed by atoms with Gasteiger partial charge in [0.1, 0.15) is 0 Å². The molecule has 1 aromatic carbocycles. The van der Waals surface area contributed by atoms with E-state index in [1.807, 2.05) is 0 Å². The summed E-state index contributed by atoms with van der Waals surface area (Å²) in [5.74, 6) is 0.418. The zero-order valence-corrected chi connectivity index (χ0v) is 8.77. The average molecular weight is 219 g/mol. The number of H-pyrrole nitrogens is 1. The number of rotatable bonds is 1. The maximum Gasteiger partial charge on any atom is 0.326 e. The molecule has 0 aliphatic heterocycles. The number of aromatic nitrogens is 3. The molecule has 0 amide bonds. The van der Waals surface area contributed by atoms with E-state index in [9.17, 15) is 4.79 Å². The lowest BCUT2D eigenvalue weighted by Crippen LogP contribution is -2.11. The van der Waals surface area contributed by atoms with E-state index < -0.39 is 0 Å². The number of nitrogens with one attached hydrogen (secondary N) is 1. The Morgan fingerprint density at radius 2 is 2.31 bits per heavy atom. The second kappa shape index (κ2) is 2.88. The van der Waals surface area contributed by atoms with E-state index in [-0.39, 0.29) is 5.69 Å². The number of benzene rings is 1. The van der Waals surface area contributed by atoms with Crippen molar-refractivity contribution in [1.29, 1.82) is 0 Å². The van der Waals surface area contributed by atoms with Gasteiger partial charge in [-0.25, -0.2) is 4.79 Å². The van der Waals surface area contributed by atoms with Crippen molar-refractivity contribution >= 4 is 22.0 Å². The van der Waals surface area contributed by atoms with Crippen LogP contribution >= 0.6 is 0 Å². The number of ether oxygens (including phenoxy) is 1. The third kappa shape index (κ3) is 1.01. The number of hydrogen-bond acceptors (Lipinski definition) is 4. The Morgan fingerprint density at radius 3 is 3.06 bits per heavy atom. The molecule has 0 fully saturated rings. The van der Waals surface area contributed by atoms with Crippen LogP contribution in [0.4, 0.5) is 0 Å². The number of imidazole rings is 1. The van der Waals surface area contributed by atoms with Crippen molar-refractivity contribution in [3.05, 3.63) is 22.6 Å². The lowest BCUT2D eigenvalue weighted by molar-refractivity contribution is 0.350. The first-order chi connectivity index (χ1) is 7.70. The third-order valence-electron chi connectivity index (χ3n) is 2.66. The normalized spacial score (nSPS) is 11.4. The lowest BCUT2D eigenvalue weighted by atomic mass is 10.2. The Hall–Kier alpha value is -2.24. The number of nitrogens with zero attached hydrogens (tertiary/aromatic N) is 2. The standard InChI is InChI=1S/C10H9N3O3/c1-13-7-4-8-5(9(15-2)12-16-8)3-6(7)11-10(13)14/h3-4H,1-2H3,(H,11,14). The van der Waals surface area contributed by atoms with Gasteiger partial charge >= 0.3 is 5.69 Å². The van der Waals surface area contributed by atoms with Gasteiger partial charge in [0.05, 0.1) is 23.5 Å². The Kier molecular flexibility index (Phi) is 1.62. The minimum atomic E-state index is -0.158. The van der Waals surface area contributed by atoms with Gasteiger partial charge in [0, 0.05) is 13.1 Å². The van der Waals surface area contributed by atoms with Gasteiger partial charge in [-0.1, -0.05) is 0 Å². The summed E-state index contributed by atoms with van der Waals surface area (Å²) in [7, 11) is 3.22. The van der Waals surface area contributed by atoms with E-state index >= 15 is 0 Å². The van der Waals surface area contributed by atoms with Crippen molar-refractivity contribution in [2.45, 2.75) is 0 Å². The molecule has 0 spiro atoms. The fraction of sp³-hybridized carbons (Fsp3) is 0.200. The van der Waals surface area contributed by atoms with E-state index in [2.05, 4.69) is 10.1 Å². The van der Waals surface area contributed by atoms with Crippen LogP contribution in [0.2, 0.25) is 0 Å². The largest absolute Gasteiger partial charge is 0.478 e. The first kappa shape index (κ1) is 9.02. The van der Waals surface area contributed by atoms with Gasteiger partial charge in [-0.05, 0) is 11.2 Å². The van der Waals surface area contributed by atoms with E-state index in [0.29, 0.717) is 11.5 Å². The first-order valence-corrected chi connectivity index (χ1v) is 4.73. The molecule has 0 atom stereocenters. The Morgan fingerprint density at radius 1 is 1.50 bits per heavy atom. The average Bonchev–Trinajstić information content (AvgIpc) is 2.79. The molecule has 6 heteroatoms. The fourth-order valence-corrected chi connectivity index (χ4v) is 1.78. The van der Waals surface area contributed by atoms with Gasteiger partial charge in [0.2, 0.25) is 0 Å². The lowest BCUT2D eigenvalue weighted by Gasteiger charge is -1.94. The highest BCUT2D eigenvalue weighted by Crippen LogP contribution is 2.27. The summed E-state index contributed by atoms with van der Waals surface area (Å²) in [4.78, 5) is 14.2. The van der Waals surface area contributed by atoms with Gasteiger partial charge in [-0.2, -0.15) is 0 Å². The van der Waals surface area contributed by atoms with Gasteiger partial charge in [-0.15, -0.1) is 0 Å². The monoisotopic (exact) mass is 219 g/mol. The predicted octanol–water partition coefficient (Wildman–Crippen LogP) is 1.02. The summed E-state index contributed by atoms with van der Waals surface area (Å²) in [5.41, 5.74) is 1.95. The summed E-state index contributed by atoms with van der Waals surface area (Å²) in [6, 6.07) is 3.56. The van der Waals surface area contributed by atoms with Crippen molar-refractivity contribution in [2.24, 2.45) is 7.05 Å². The minimum absolute atomic E-state index is 0.158. The number of methoxy groups -OCH3 is 1. The van der Waals surface area contributed by atoms with Crippen LogP contribution in [0.15, 0.2) is 21.5 Å². The van der Waals surface area contributed by atoms with Gasteiger partial charge in [-0.3, -0.25) is 4.57 Å². The molecule has 2 aromatic heterocycles. The second-order valence-electron chi connectivity index (χ2n) is 3.55. The van der Waals surface area contributed by atoms with Crippen LogP contribution in [0.3, 0.4) is 0 Å². The second-order valence-corrected chi connectivity index (χ2v) is 3.55. The van der Waals surface area contributed by atoms with Crippen LogP contribution in [0.1, 0.15) is 0 Å². The molecule has 0 bridgehead atoms. The Bertz CT molecular complexity index is 735. The van der Waals surface area contributed by atoms with Crippen molar-refractivity contribution in [3.8, 4) is 5.88 Å². The van der Waals surface area contributed by atoms with Crippen LogP contribution < -0.4 is 10.4 Å². The third-order valence-corrected chi connectivity index (χ3v) is 2.66. The molecule has 2 heterocycles. The molecule has 0 aliphatic carbocycles. The van der Waals surface area contributed by atoms with Gasteiger partial charge < -0.3 is 14.2 Å². The highest BCUT2D eigenvalue weighted by Gasteiger charge is 2.12. The molecule has 0 unspecified atom stereocenters. The van der Waals surface area contributed by atoms with E-state index in [4.69, 9.17) is 9.26 Å². The molecule has 3 aromatic rings. The van der Waals surface area contributed by atoms with Crippen LogP contribution in [-0.4, -0.2) is 21.8 Å². The van der Waals surface area contributed by atoms with Gasteiger partial charge in [0.25, 0.3) is 5.88 Å². The molecule has 0 aliphatic rings. The first-order valence-electron chi connectivity index (χ1n) is 4.73. The smallest absolute Gasteiger partial charge is 0.326 e. The maximum atomic E-state index is 11.4. The SMILES string of the molecule is COc1noc2cc3c(cc12)[nH]c(=O)n3C. The van der Waals surface area contributed by atoms with Gasteiger partial charge in [0.15, 0.2) is 5.58 Å². The quantitative estimate of drug-likeness (QED) is 0.663. The molecule has 82 valence electrons. The van der Waals surface area contributed by atoms with Crippen molar-refractivity contribution in [1.82, 2.24) is 14.7 Å². The summed E-state index contributed by atoms with van der Waals surface area (Å²) in [5, 5.41) is 4.52. The van der Waals surface area contributed by atoms with Crippen LogP contribution in [0.25, 0.3) is 22.0 Å². The van der Waals surface area contributed by atoms with Crippen LogP contribution in [0.5, 0.6) is 5.88 Å². The van der Waals surface area contributed by atoms with E-state index in [1.165, 1.54) is 11.7 Å². The van der Waals surface area contributed by atoms with Crippen molar-refractivity contribution in [3.63, 3.8) is 0 Å². The number of hydrogen-bond donors (Lipinski definition) is 1. The topological polar surface area (TPSA) is 73.1 Å². The number of aromatic amines is 1. The molecular weight excluding hydrogens is 210 g/mol. The summed E-state index contributed by atoms with van der Waals surface area (Å²) >= 11 is 0. The van der Waals surface area contributed by atoms with Crippen LogP contribution in [-0.2, 0) is 7.05 Å². The fourth-order valence-electron chi connectivity index (χ4n) is 1.78. The zero-order valence-electron chi connectivity index (χ0n) is 8.77. The molecule has 0 saturated carbocycles. The Balaban J connectivity index is 2.50. The molecule has 1 N–H and O–H groups in total. The number of aryl methyl sites for hydroxylation is 1. The summed E-state index contributed by atoms with van der Waals surface area (Å²) < 4.78 is 11.7. The molecule has 0 radical (unpaired) electrons.